The Morgan fingerprint density at radius 1 is 1.33 bits per heavy atom. The molecular weight excluding hydrogens is 277 g/mol. The fourth-order valence-corrected chi connectivity index (χ4v) is 2.77. The Morgan fingerprint density at radius 3 is 2.72 bits per heavy atom. The molecule has 6 heteroatoms. The normalized spacial score (nSPS) is 29.7. The summed E-state index contributed by atoms with van der Waals surface area (Å²) in [5, 5.41) is 4.96. The number of rotatable bonds is 2. The molecule has 0 spiro atoms. The summed E-state index contributed by atoms with van der Waals surface area (Å²) in [6.07, 6.45) is 0.778. The third-order valence-corrected chi connectivity index (χ3v) is 3.58. The first kappa shape index (κ1) is 12.0. The number of nitrogens with zero attached hydrogens (tertiary/aromatic N) is 1. The van der Waals surface area contributed by atoms with Crippen molar-refractivity contribution in [3.63, 3.8) is 0 Å². The highest BCUT2D eigenvalue weighted by atomic mass is 35.5. The van der Waals surface area contributed by atoms with E-state index in [4.69, 9.17) is 32.8 Å². The summed E-state index contributed by atoms with van der Waals surface area (Å²) < 4.78 is 5.54. The van der Waals surface area contributed by atoms with Crippen LogP contribution in [-0.2, 0) is 14.4 Å². The number of oxime groups is 1. The number of fused-ring (bicyclic) bond motifs is 1. The van der Waals surface area contributed by atoms with Gasteiger partial charge in [-0.1, -0.05) is 28.4 Å². The number of carbonyl (C=O) groups is 1. The van der Waals surface area contributed by atoms with E-state index in [1.807, 2.05) is 0 Å². The molecule has 2 unspecified atom stereocenters. The molecule has 2 atom stereocenters. The van der Waals surface area contributed by atoms with Gasteiger partial charge in [0.1, 0.15) is 5.71 Å². The highest BCUT2D eigenvalue weighted by Gasteiger charge is 2.54. The van der Waals surface area contributed by atoms with Crippen LogP contribution in [0, 0.1) is 0 Å². The average molecular weight is 286 g/mol. The van der Waals surface area contributed by atoms with E-state index in [9.17, 15) is 4.79 Å². The van der Waals surface area contributed by atoms with E-state index in [0.29, 0.717) is 34.3 Å². The van der Waals surface area contributed by atoms with Crippen LogP contribution in [0.15, 0.2) is 23.4 Å². The number of halogens is 2. The third-order valence-electron chi connectivity index (χ3n) is 3.14. The van der Waals surface area contributed by atoms with Gasteiger partial charge in [0.15, 0.2) is 12.4 Å². The summed E-state index contributed by atoms with van der Waals surface area (Å²) in [6.45, 7) is 0.469. The maximum absolute atomic E-state index is 11.2. The molecule has 2 heterocycles. The van der Waals surface area contributed by atoms with Crippen molar-refractivity contribution >= 4 is 35.2 Å². The number of hydrogen-bond acceptors (Lipinski definition) is 4. The van der Waals surface area contributed by atoms with E-state index in [-0.39, 0.29) is 0 Å². The van der Waals surface area contributed by atoms with Gasteiger partial charge in [-0.3, -0.25) is 4.79 Å². The van der Waals surface area contributed by atoms with Crippen LogP contribution in [-0.4, -0.2) is 30.3 Å². The van der Waals surface area contributed by atoms with Gasteiger partial charge in [-0.2, -0.15) is 0 Å². The Morgan fingerprint density at radius 2 is 2.06 bits per heavy atom. The Kier molecular flexibility index (Phi) is 2.81. The lowest BCUT2D eigenvalue weighted by atomic mass is 9.92. The average Bonchev–Trinajstić information content (AvgIpc) is 2.85. The Labute approximate surface area is 113 Å². The minimum atomic E-state index is -0.982. The topological polar surface area (TPSA) is 47.9 Å². The first-order chi connectivity index (χ1) is 8.64. The predicted octanol–water partition coefficient (Wildman–Crippen LogP) is 2.45. The maximum atomic E-state index is 11.2. The smallest absolute Gasteiger partial charge is 0.225 e. The monoisotopic (exact) mass is 285 g/mol. The molecule has 0 N–H and O–H groups in total. The Hall–Kier alpha value is -1.10. The number of hydrogen-bond donors (Lipinski definition) is 0. The van der Waals surface area contributed by atoms with Gasteiger partial charge in [0.2, 0.25) is 5.60 Å². The van der Waals surface area contributed by atoms with Crippen LogP contribution >= 0.6 is 23.2 Å². The summed E-state index contributed by atoms with van der Waals surface area (Å²) in [5.41, 5.74) is 0.288. The lowest BCUT2D eigenvalue weighted by Gasteiger charge is -2.17. The molecule has 1 saturated heterocycles. The number of carbonyl (C=O) groups excluding carboxylic acids is 1. The van der Waals surface area contributed by atoms with Crippen molar-refractivity contribution < 1.29 is 14.4 Å². The highest BCUT2D eigenvalue weighted by molar-refractivity contribution is 6.35. The van der Waals surface area contributed by atoms with E-state index in [1.165, 1.54) is 0 Å². The van der Waals surface area contributed by atoms with Gasteiger partial charge in [0.25, 0.3) is 0 Å². The van der Waals surface area contributed by atoms with Crippen molar-refractivity contribution in [1.29, 1.82) is 0 Å². The molecule has 1 aromatic rings. The molecule has 0 aliphatic carbocycles. The van der Waals surface area contributed by atoms with Gasteiger partial charge >= 0.3 is 0 Å². The molecule has 3 rings (SSSR count). The fourth-order valence-electron chi connectivity index (χ4n) is 2.24. The molecule has 0 bridgehead atoms. The van der Waals surface area contributed by atoms with Crippen molar-refractivity contribution in [2.75, 3.05) is 6.61 Å². The molecule has 0 radical (unpaired) electrons. The van der Waals surface area contributed by atoms with Gasteiger partial charge in [-0.05, 0) is 18.2 Å². The second kappa shape index (κ2) is 4.23. The molecule has 2 aliphatic heterocycles. The molecule has 0 aromatic heterocycles. The van der Waals surface area contributed by atoms with Crippen molar-refractivity contribution in [1.82, 2.24) is 0 Å². The van der Waals surface area contributed by atoms with Gasteiger partial charge < -0.3 is 9.57 Å². The van der Waals surface area contributed by atoms with Crippen molar-refractivity contribution in [3.8, 4) is 0 Å². The van der Waals surface area contributed by atoms with Crippen LogP contribution in [0.4, 0.5) is 0 Å². The maximum Gasteiger partial charge on any atom is 0.225 e. The zero-order valence-electron chi connectivity index (χ0n) is 9.23. The molecule has 0 amide bonds. The quantitative estimate of drug-likeness (QED) is 0.785. The molecule has 2 aliphatic rings. The zero-order valence-corrected chi connectivity index (χ0v) is 10.7. The first-order valence-corrected chi connectivity index (χ1v) is 6.21. The summed E-state index contributed by atoms with van der Waals surface area (Å²) in [4.78, 5) is 16.5. The van der Waals surface area contributed by atoms with E-state index in [2.05, 4.69) is 5.16 Å². The minimum absolute atomic E-state index is 0.469. The third kappa shape index (κ3) is 1.72. The molecule has 1 aromatic carbocycles. The van der Waals surface area contributed by atoms with E-state index >= 15 is 0 Å². The van der Waals surface area contributed by atoms with Crippen LogP contribution in [0.5, 0.6) is 0 Å². The molecule has 1 fully saturated rings. The largest absolute Gasteiger partial charge is 0.378 e. The highest BCUT2D eigenvalue weighted by Crippen LogP contribution is 2.36. The van der Waals surface area contributed by atoms with Crippen LogP contribution in [0.25, 0.3) is 0 Å². The van der Waals surface area contributed by atoms with Gasteiger partial charge in [-0.25, -0.2) is 0 Å². The second-order valence-electron chi connectivity index (χ2n) is 4.30. The van der Waals surface area contributed by atoms with E-state index in [1.54, 1.807) is 18.2 Å². The number of benzene rings is 1. The number of aldehydes is 1. The van der Waals surface area contributed by atoms with E-state index in [0.717, 1.165) is 6.29 Å². The first-order valence-electron chi connectivity index (χ1n) is 5.45. The molecule has 18 heavy (non-hydrogen) atoms. The summed E-state index contributed by atoms with van der Waals surface area (Å²) in [6, 6.07) is 5.07. The lowest BCUT2D eigenvalue weighted by Crippen LogP contribution is -2.41. The summed E-state index contributed by atoms with van der Waals surface area (Å²) in [5.74, 6) is 0. The van der Waals surface area contributed by atoms with Crippen molar-refractivity contribution in [2.45, 2.75) is 18.1 Å². The van der Waals surface area contributed by atoms with Gasteiger partial charge in [0, 0.05) is 22.0 Å². The fraction of sp³-hybridized carbons (Fsp3) is 0.333. The van der Waals surface area contributed by atoms with Crippen molar-refractivity contribution in [3.05, 3.63) is 33.8 Å². The lowest BCUT2D eigenvalue weighted by molar-refractivity contribution is -0.130. The Bertz CT molecular complexity index is 526. The van der Waals surface area contributed by atoms with Gasteiger partial charge in [-0.15, -0.1) is 0 Å². The SMILES string of the molecule is O=CC12CCOC1C(c1cc(Cl)cc(Cl)c1)=NO2. The summed E-state index contributed by atoms with van der Waals surface area (Å²) >= 11 is 11.9. The van der Waals surface area contributed by atoms with Crippen LogP contribution in [0.1, 0.15) is 12.0 Å². The van der Waals surface area contributed by atoms with Crippen LogP contribution in [0.3, 0.4) is 0 Å². The number of ether oxygens (including phenoxy) is 1. The minimum Gasteiger partial charge on any atom is -0.378 e. The molecular formula is C12H9Cl2NO3. The van der Waals surface area contributed by atoms with Crippen LogP contribution in [0.2, 0.25) is 10.0 Å². The van der Waals surface area contributed by atoms with Crippen LogP contribution < -0.4 is 0 Å². The molecule has 0 saturated carbocycles. The van der Waals surface area contributed by atoms with Crippen molar-refractivity contribution in [2.24, 2.45) is 5.16 Å². The molecule has 94 valence electrons. The van der Waals surface area contributed by atoms with E-state index < -0.39 is 11.7 Å². The standard InChI is InChI=1S/C12H9Cl2NO3/c13-8-3-7(4-9(14)5-8)10-11-12(6-16,18-15-10)1-2-17-11/h3-6,11H,1-2H2. The Balaban J connectivity index is 2.01. The zero-order chi connectivity index (χ0) is 12.8. The molecule has 4 nitrogen and oxygen atoms in total. The van der Waals surface area contributed by atoms with Gasteiger partial charge in [0.05, 0.1) is 6.61 Å². The predicted molar refractivity (Wildman–Crippen MR) is 67.2 cm³/mol. The summed E-state index contributed by atoms with van der Waals surface area (Å²) in [7, 11) is 0. The second-order valence-corrected chi connectivity index (χ2v) is 5.17.